The van der Waals surface area contributed by atoms with Crippen LogP contribution in [0.15, 0.2) is 59.5 Å². The molecular weight excluding hydrogens is 438 g/mol. The quantitative estimate of drug-likeness (QED) is 0.420. The third kappa shape index (κ3) is 6.52. The highest BCUT2D eigenvalue weighted by atomic mass is 32.2. The van der Waals surface area contributed by atoms with Crippen LogP contribution < -0.4 is 0 Å². The Morgan fingerprint density at radius 2 is 1.67 bits per heavy atom. The van der Waals surface area contributed by atoms with E-state index >= 15 is 0 Å². The van der Waals surface area contributed by atoms with Gasteiger partial charge in [0.15, 0.2) is 9.84 Å². The van der Waals surface area contributed by atoms with E-state index in [4.69, 9.17) is 4.74 Å². The van der Waals surface area contributed by atoms with Crippen LogP contribution in [0.2, 0.25) is 0 Å². The molecule has 2 aromatic carbocycles. The molecule has 7 nitrogen and oxygen atoms in total. The molecule has 0 aliphatic heterocycles. The van der Waals surface area contributed by atoms with E-state index in [0.717, 1.165) is 41.2 Å². The van der Waals surface area contributed by atoms with Gasteiger partial charge in [0, 0.05) is 12.8 Å². The zero-order chi connectivity index (χ0) is 24.0. The van der Waals surface area contributed by atoms with Gasteiger partial charge in [-0.1, -0.05) is 50.2 Å². The van der Waals surface area contributed by atoms with E-state index in [1.54, 1.807) is 22.9 Å². The van der Waals surface area contributed by atoms with Crippen LogP contribution in [0.25, 0.3) is 22.4 Å². The van der Waals surface area contributed by atoms with Crippen LogP contribution in [0.5, 0.6) is 0 Å². The first-order chi connectivity index (χ1) is 15.7. The molecule has 3 rings (SSSR count). The first-order valence-corrected chi connectivity index (χ1v) is 12.9. The first-order valence-electron chi connectivity index (χ1n) is 11.0. The molecule has 0 aliphatic rings. The number of esters is 1. The lowest BCUT2D eigenvalue weighted by molar-refractivity contribution is -0.144. The first kappa shape index (κ1) is 24.7. The van der Waals surface area contributed by atoms with Crippen LogP contribution in [-0.4, -0.2) is 61.6 Å². The Bertz CT molecular complexity index is 1200. The van der Waals surface area contributed by atoms with Gasteiger partial charge < -0.3 is 9.64 Å². The highest BCUT2D eigenvalue weighted by Crippen LogP contribution is 2.27. The van der Waals surface area contributed by atoms with E-state index in [0.29, 0.717) is 13.2 Å². The van der Waals surface area contributed by atoms with E-state index in [1.165, 1.54) is 6.26 Å². The van der Waals surface area contributed by atoms with Crippen LogP contribution >= 0.6 is 0 Å². The zero-order valence-electron chi connectivity index (χ0n) is 19.6. The van der Waals surface area contributed by atoms with Crippen LogP contribution in [-0.2, 0) is 25.9 Å². The molecule has 0 atom stereocenters. The molecule has 0 spiro atoms. The lowest BCUT2D eigenvalue weighted by atomic mass is 10.0. The number of benzene rings is 2. The molecule has 176 valence electrons. The largest absolute Gasteiger partial charge is 0.463 e. The van der Waals surface area contributed by atoms with Crippen LogP contribution in [0, 0.1) is 6.92 Å². The molecule has 0 fully saturated rings. The van der Waals surface area contributed by atoms with Gasteiger partial charge in [0.2, 0.25) is 0 Å². The van der Waals surface area contributed by atoms with Gasteiger partial charge in [-0.05, 0) is 54.9 Å². The van der Waals surface area contributed by atoms with Crippen molar-refractivity contribution in [2.75, 3.05) is 32.5 Å². The lowest BCUT2D eigenvalue weighted by Crippen LogP contribution is -2.28. The number of hydrogen-bond acceptors (Lipinski definition) is 6. The second-order valence-electron chi connectivity index (χ2n) is 7.95. The van der Waals surface area contributed by atoms with Gasteiger partial charge >= 0.3 is 5.97 Å². The maximum atomic E-state index is 12.4. The minimum absolute atomic E-state index is 0.0412. The number of sulfone groups is 1. The topological polar surface area (TPSA) is 81.5 Å². The highest BCUT2D eigenvalue weighted by Gasteiger charge is 2.14. The molecule has 0 saturated heterocycles. The van der Waals surface area contributed by atoms with E-state index in [2.05, 4.69) is 23.8 Å². The molecule has 1 aromatic heterocycles. The third-order valence-electron chi connectivity index (χ3n) is 5.52. The summed E-state index contributed by atoms with van der Waals surface area (Å²) in [6.45, 7) is 9.01. The van der Waals surface area contributed by atoms with E-state index in [9.17, 15) is 13.2 Å². The number of nitrogens with zero attached hydrogens (tertiary/aromatic N) is 3. The second kappa shape index (κ2) is 10.8. The van der Waals surface area contributed by atoms with Crippen molar-refractivity contribution in [2.24, 2.45) is 0 Å². The van der Waals surface area contributed by atoms with Crippen molar-refractivity contribution in [3.63, 3.8) is 0 Å². The average molecular weight is 470 g/mol. The van der Waals surface area contributed by atoms with Gasteiger partial charge in [0.25, 0.3) is 0 Å². The minimum Gasteiger partial charge on any atom is -0.463 e. The summed E-state index contributed by atoms with van der Waals surface area (Å²) in [6, 6.07) is 16.6. The van der Waals surface area contributed by atoms with E-state index < -0.39 is 9.84 Å². The molecule has 0 N–H and O–H groups in total. The number of carbonyl (C=O) groups is 1. The van der Waals surface area contributed by atoms with Gasteiger partial charge in [-0.3, -0.25) is 9.48 Å². The van der Waals surface area contributed by atoms with Crippen molar-refractivity contribution in [1.29, 1.82) is 0 Å². The maximum absolute atomic E-state index is 12.4. The smallest absolute Gasteiger partial charge is 0.327 e. The van der Waals surface area contributed by atoms with Crippen molar-refractivity contribution in [1.82, 2.24) is 14.7 Å². The van der Waals surface area contributed by atoms with Gasteiger partial charge in [0.05, 0.1) is 16.3 Å². The van der Waals surface area contributed by atoms with Crippen LogP contribution in [0.1, 0.15) is 19.5 Å². The summed E-state index contributed by atoms with van der Waals surface area (Å²) in [4.78, 5) is 14.9. The molecule has 0 amide bonds. The second-order valence-corrected chi connectivity index (χ2v) is 9.97. The van der Waals surface area contributed by atoms with Crippen molar-refractivity contribution < 1.29 is 17.9 Å². The van der Waals surface area contributed by atoms with Crippen molar-refractivity contribution in [3.05, 3.63) is 60.3 Å². The molecule has 33 heavy (non-hydrogen) atoms. The number of rotatable bonds is 10. The molecule has 0 aliphatic carbocycles. The molecule has 1 heterocycles. The molecule has 0 bridgehead atoms. The Hall–Kier alpha value is -2.97. The summed E-state index contributed by atoms with van der Waals surface area (Å²) < 4.78 is 30.8. The summed E-state index contributed by atoms with van der Waals surface area (Å²) in [5.74, 6) is -0.319. The Balaban J connectivity index is 1.74. The van der Waals surface area contributed by atoms with Gasteiger partial charge in [0.1, 0.15) is 13.2 Å². The SMILES string of the molecule is CCN(CC)CCOC(=O)Cn1nc(C)cc1-c1ccc(-c2cccc(S(C)(=O)=O)c2)cc1. The van der Waals surface area contributed by atoms with Crippen molar-refractivity contribution in [2.45, 2.75) is 32.2 Å². The minimum atomic E-state index is -3.27. The summed E-state index contributed by atoms with van der Waals surface area (Å²) in [5, 5.41) is 4.46. The molecule has 0 unspecified atom stereocenters. The molecule has 3 aromatic rings. The number of aromatic nitrogens is 2. The van der Waals surface area contributed by atoms with Gasteiger partial charge in [-0.2, -0.15) is 5.10 Å². The zero-order valence-corrected chi connectivity index (χ0v) is 20.4. The molecule has 0 saturated carbocycles. The van der Waals surface area contributed by atoms with Crippen molar-refractivity contribution >= 4 is 15.8 Å². The molecular formula is C25H31N3O4S. The average Bonchev–Trinajstić information content (AvgIpc) is 3.16. The van der Waals surface area contributed by atoms with E-state index in [1.807, 2.05) is 43.3 Å². The third-order valence-corrected chi connectivity index (χ3v) is 6.63. The number of aryl methyl sites for hydroxylation is 1. The lowest BCUT2D eigenvalue weighted by Gasteiger charge is -2.17. The fourth-order valence-electron chi connectivity index (χ4n) is 3.63. The Morgan fingerprint density at radius 3 is 2.30 bits per heavy atom. The number of likely N-dealkylation sites (N-methyl/N-ethyl adjacent to an activating group) is 1. The van der Waals surface area contributed by atoms with Crippen molar-refractivity contribution in [3.8, 4) is 22.4 Å². The molecule has 0 radical (unpaired) electrons. The molecule has 8 heteroatoms. The fraction of sp³-hybridized carbons (Fsp3) is 0.360. The summed E-state index contributed by atoms with van der Waals surface area (Å²) in [7, 11) is -3.27. The fourth-order valence-corrected chi connectivity index (χ4v) is 4.30. The van der Waals surface area contributed by atoms with Crippen LogP contribution in [0.3, 0.4) is 0 Å². The number of ether oxygens (including phenoxy) is 1. The summed E-state index contributed by atoms with van der Waals surface area (Å²) >= 11 is 0. The normalized spacial score (nSPS) is 11.7. The Morgan fingerprint density at radius 1 is 1.00 bits per heavy atom. The standard InChI is InChI=1S/C25H31N3O4S/c1-5-27(6-2)14-15-32-25(29)18-28-24(16-19(3)26-28)21-12-10-20(11-13-21)22-8-7-9-23(17-22)33(4,30)31/h7-13,16-17H,5-6,14-15,18H2,1-4H3. The summed E-state index contributed by atoms with van der Waals surface area (Å²) in [5.41, 5.74) is 4.28. The van der Waals surface area contributed by atoms with Gasteiger partial charge in [-0.15, -0.1) is 0 Å². The summed E-state index contributed by atoms with van der Waals surface area (Å²) in [6.07, 6.45) is 1.20. The van der Waals surface area contributed by atoms with E-state index in [-0.39, 0.29) is 17.4 Å². The number of carbonyl (C=O) groups excluding carboxylic acids is 1. The highest BCUT2D eigenvalue weighted by molar-refractivity contribution is 7.90. The Labute approximate surface area is 195 Å². The predicted octanol–water partition coefficient (Wildman–Crippen LogP) is 3.81. The maximum Gasteiger partial charge on any atom is 0.327 e. The van der Waals surface area contributed by atoms with Gasteiger partial charge in [-0.25, -0.2) is 8.42 Å². The number of hydrogen-bond donors (Lipinski definition) is 0. The monoisotopic (exact) mass is 469 g/mol. The van der Waals surface area contributed by atoms with Crippen LogP contribution in [0.4, 0.5) is 0 Å². The Kier molecular flexibility index (Phi) is 8.05. The predicted molar refractivity (Wildman–Crippen MR) is 130 cm³/mol.